The number of thiazole rings is 1. The van der Waals surface area contributed by atoms with Crippen molar-refractivity contribution in [2.45, 2.75) is 96.8 Å². The number of halogens is 3. The molecule has 0 radical (unpaired) electrons. The average molecular weight is 580 g/mol. The van der Waals surface area contributed by atoms with Crippen molar-refractivity contribution >= 4 is 39.2 Å². The number of aromatic amines is 1. The number of aromatic nitrogens is 2. The van der Waals surface area contributed by atoms with Crippen LogP contribution < -0.4 is 10.7 Å². The molecule has 0 bridgehead atoms. The first kappa shape index (κ1) is 31.3. The Bertz CT molecular complexity index is 1320. The summed E-state index contributed by atoms with van der Waals surface area (Å²) in [6.45, 7) is 3.84. The summed E-state index contributed by atoms with van der Waals surface area (Å²) >= 11 is 1.12. The van der Waals surface area contributed by atoms with Gasteiger partial charge in [-0.25, -0.2) is 4.98 Å². The maximum atomic E-state index is 13.8. The van der Waals surface area contributed by atoms with Gasteiger partial charge in [-0.3, -0.25) is 19.7 Å². The van der Waals surface area contributed by atoms with Crippen LogP contribution in [0.2, 0.25) is 0 Å². The van der Waals surface area contributed by atoms with Gasteiger partial charge in [-0.05, 0) is 25.0 Å². The number of nitrogens with one attached hydrogen (secondary N) is 2. The molecule has 0 aliphatic rings. The fourth-order valence-corrected chi connectivity index (χ4v) is 5.15. The Kier molecular flexibility index (Phi) is 11.7. The van der Waals surface area contributed by atoms with E-state index in [2.05, 4.69) is 22.2 Å². The highest BCUT2D eigenvalue weighted by Crippen LogP contribution is 2.35. The minimum atomic E-state index is -4.75. The summed E-state index contributed by atoms with van der Waals surface area (Å²) in [6.07, 6.45) is 5.54. The second kappa shape index (κ2) is 15.0. The predicted octanol–water partition coefficient (Wildman–Crippen LogP) is 8.17. The van der Waals surface area contributed by atoms with Crippen LogP contribution in [-0.2, 0) is 15.7 Å². The maximum absolute atomic E-state index is 13.8. The molecule has 0 saturated carbocycles. The van der Waals surface area contributed by atoms with Gasteiger partial charge in [-0.2, -0.15) is 13.2 Å². The summed E-state index contributed by atoms with van der Waals surface area (Å²) in [5.41, 5.74) is -2.99. The monoisotopic (exact) mass is 579 g/mol. The molecule has 0 aliphatic carbocycles. The molecule has 1 amide bonds. The van der Waals surface area contributed by atoms with Crippen molar-refractivity contribution in [2.75, 3.05) is 5.32 Å². The van der Waals surface area contributed by atoms with Crippen molar-refractivity contribution in [2.24, 2.45) is 0 Å². The van der Waals surface area contributed by atoms with Gasteiger partial charge >= 0.3 is 12.1 Å². The van der Waals surface area contributed by atoms with Crippen LogP contribution in [0.3, 0.4) is 0 Å². The van der Waals surface area contributed by atoms with Crippen LogP contribution in [0.1, 0.15) is 112 Å². The number of unbranched alkanes of at least 4 members (excludes halogenated alkanes) is 8. The second-order valence-electron chi connectivity index (χ2n) is 9.73. The van der Waals surface area contributed by atoms with Crippen molar-refractivity contribution in [3.63, 3.8) is 0 Å². The first-order chi connectivity index (χ1) is 19.2. The Labute approximate surface area is 235 Å². The highest BCUT2D eigenvalue weighted by Gasteiger charge is 2.35. The lowest BCUT2D eigenvalue weighted by atomic mass is 10.0. The number of esters is 1. The highest BCUT2D eigenvalue weighted by molar-refractivity contribution is 7.13. The first-order valence-electron chi connectivity index (χ1n) is 13.8. The van der Waals surface area contributed by atoms with Crippen LogP contribution in [0.5, 0.6) is 0 Å². The lowest BCUT2D eigenvalue weighted by Gasteiger charge is -2.21. The van der Waals surface area contributed by atoms with Crippen molar-refractivity contribution in [1.29, 1.82) is 0 Å². The first-order valence-corrected chi connectivity index (χ1v) is 14.7. The molecule has 40 heavy (non-hydrogen) atoms. The zero-order valence-electron chi connectivity index (χ0n) is 22.9. The van der Waals surface area contributed by atoms with Crippen LogP contribution in [0.15, 0.2) is 34.6 Å². The third kappa shape index (κ3) is 8.39. The molecule has 0 spiro atoms. The number of rotatable bonds is 15. The standard InChI is InChI=1S/C29H36F3N3O4S/c1-3-5-6-7-8-9-10-11-12-16-22(36)39-21(4-2)25-23(27(38)35-28-33-17-18-40-28)26(37)19-14-13-15-20(24(19)34-25)29(30,31)32/h13-15,17-18,21H,3-12,16H2,1-2H3,(H,34,37)(H,33,35,38). The van der Waals surface area contributed by atoms with Crippen LogP contribution >= 0.6 is 11.3 Å². The number of anilines is 1. The molecule has 1 unspecified atom stereocenters. The molecule has 2 N–H and O–H groups in total. The molecule has 2 aromatic heterocycles. The SMILES string of the molecule is CCCCCCCCCCCC(=O)OC(CC)c1[nH]c2c(C(F)(F)F)cccc2c(=O)c1C(=O)Nc1nccs1. The molecule has 1 atom stereocenters. The number of alkyl halides is 3. The van der Waals surface area contributed by atoms with E-state index in [1.807, 2.05) is 0 Å². The van der Waals surface area contributed by atoms with Crippen LogP contribution in [-0.4, -0.2) is 21.8 Å². The highest BCUT2D eigenvalue weighted by atomic mass is 32.1. The number of carbonyl (C=O) groups is 2. The van der Waals surface area contributed by atoms with E-state index in [0.717, 1.165) is 42.7 Å². The van der Waals surface area contributed by atoms with E-state index < -0.39 is 46.2 Å². The van der Waals surface area contributed by atoms with E-state index in [9.17, 15) is 27.6 Å². The number of nitrogens with zero attached hydrogens (tertiary/aromatic N) is 1. The smallest absolute Gasteiger partial charge is 0.418 e. The minimum absolute atomic E-state index is 0.136. The van der Waals surface area contributed by atoms with Crippen LogP contribution in [0.25, 0.3) is 10.9 Å². The van der Waals surface area contributed by atoms with Gasteiger partial charge in [0.2, 0.25) is 5.43 Å². The summed E-state index contributed by atoms with van der Waals surface area (Å²) in [7, 11) is 0. The summed E-state index contributed by atoms with van der Waals surface area (Å²) in [6, 6.07) is 3.20. The summed E-state index contributed by atoms with van der Waals surface area (Å²) in [5.74, 6) is -1.38. The number of amides is 1. The largest absolute Gasteiger partial charge is 0.456 e. The fraction of sp³-hybridized carbons (Fsp3) is 0.517. The third-order valence-corrected chi connectivity index (χ3v) is 7.39. The number of pyridine rings is 1. The third-order valence-electron chi connectivity index (χ3n) is 6.70. The van der Waals surface area contributed by atoms with Gasteiger partial charge in [-0.15, -0.1) is 11.3 Å². The van der Waals surface area contributed by atoms with Crippen molar-refractivity contribution in [3.05, 3.63) is 56.8 Å². The predicted molar refractivity (Wildman–Crippen MR) is 151 cm³/mol. The van der Waals surface area contributed by atoms with Crippen LogP contribution in [0.4, 0.5) is 18.3 Å². The zero-order chi connectivity index (χ0) is 29.1. The van der Waals surface area contributed by atoms with E-state index in [-0.39, 0.29) is 29.1 Å². The van der Waals surface area contributed by atoms with Gasteiger partial charge in [-0.1, -0.05) is 71.3 Å². The van der Waals surface area contributed by atoms with Gasteiger partial charge < -0.3 is 9.72 Å². The summed E-state index contributed by atoms with van der Waals surface area (Å²) < 4.78 is 47.0. The normalized spacial score (nSPS) is 12.4. The number of H-pyrrole nitrogens is 1. The summed E-state index contributed by atoms with van der Waals surface area (Å²) in [5, 5.41) is 4.07. The van der Waals surface area contributed by atoms with Gasteiger partial charge in [0.1, 0.15) is 11.7 Å². The summed E-state index contributed by atoms with van der Waals surface area (Å²) in [4.78, 5) is 46.0. The lowest BCUT2D eigenvalue weighted by molar-refractivity contribution is -0.150. The number of hydrogen-bond acceptors (Lipinski definition) is 6. The molecular weight excluding hydrogens is 543 g/mol. The number of ether oxygens (including phenoxy) is 1. The van der Waals surface area contributed by atoms with Gasteiger partial charge in [0.15, 0.2) is 5.13 Å². The van der Waals surface area contributed by atoms with E-state index in [4.69, 9.17) is 4.74 Å². The van der Waals surface area contributed by atoms with Gasteiger partial charge in [0.05, 0.1) is 16.8 Å². The van der Waals surface area contributed by atoms with Crippen LogP contribution in [0, 0.1) is 0 Å². The number of para-hydroxylation sites is 1. The lowest BCUT2D eigenvalue weighted by Crippen LogP contribution is -2.28. The van der Waals surface area contributed by atoms with Gasteiger partial charge in [0.25, 0.3) is 5.91 Å². The zero-order valence-corrected chi connectivity index (χ0v) is 23.7. The molecule has 2 heterocycles. The Morgan fingerprint density at radius 3 is 2.33 bits per heavy atom. The fourth-order valence-electron chi connectivity index (χ4n) is 4.62. The molecule has 7 nitrogen and oxygen atoms in total. The maximum Gasteiger partial charge on any atom is 0.418 e. The van der Waals surface area contributed by atoms with E-state index in [1.54, 1.807) is 12.3 Å². The average Bonchev–Trinajstić information content (AvgIpc) is 3.42. The molecule has 1 aromatic carbocycles. The van der Waals surface area contributed by atoms with E-state index in [1.165, 1.54) is 44.4 Å². The quantitative estimate of drug-likeness (QED) is 0.140. The molecule has 3 aromatic rings. The van der Waals surface area contributed by atoms with E-state index >= 15 is 0 Å². The topological polar surface area (TPSA) is 101 Å². The molecule has 11 heteroatoms. The molecule has 0 fully saturated rings. The number of carbonyl (C=O) groups excluding carboxylic acids is 2. The number of benzene rings is 1. The Morgan fingerprint density at radius 1 is 1.05 bits per heavy atom. The molecule has 0 saturated heterocycles. The minimum Gasteiger partial charge on any atom is -0.456 e. The number of hydrogen-bond donors (Lipinski definition) is 2. The molecular formula is C29H36F3N3O4S. The Hall–Kier alpha value is -3.21. The molecule has 3 rings (SSSR count). The Morgan fingerprint density at radius 2 is 1.73 bits per heavy atom. The van der Waals surface area contributed by atoms with Crippen molar-refractivity contribution < 1.29 is 27.5 Å². The Balaban J connectivity index is 1.82. The molecule has 218 valence electrons. The van der Waals surface area contributed by atoms with Crippen molar-refractivity contribution in [3.8, 4) is 0 Å². The number of fused-ring (bicyclic) bond motifs is 1. The van der Waals surface area contributed by atoms with Crippen molar-refractivity contribution in [1.82, 2.24) is 9.97 Å². The second-order valence-corrected chi connectivity index (χ2v) is 10.6. The molecule has 0 aliphatic heterocycles. The van der Waals surface area contributed by atoms with E-state index in [0.29, 0.717) is 6.42 Å². The van der Waals surface area contributed by atoms with Gasteiger partial charge in [0, 0.05) is 23.4 Å².